The minimum atomic E-state index is -0.679. The van der Waals surface area contributed by atoms with Crippen LogP contribution >= 0.6 is 0 Å². The fourth-order valence-electron chi connectivity index (χ4n) is 2.83. The molecular weight excluding hydrogens is 228 g/mol. The number of β-amino-alcohol motifs (C(OH)–C–C–N with tert-alkyl or cyclic N) is 1. The standard InChI is InChI=1S/C14H18N2O2/c1-14(18)8-16(9-14)13(17)6-10-7-15-12-5-3-2-4-11(10)12/h2-5,10,15,18H,6-9H2,1H3. The SMILES string of the molecule is CC1(O)CN(C(=O)CC2CNc3ccccc32)C1. The summed E-state index contributed by atoms with van der Waals surface area (Å²) in [6.45, 7) is 3.53. The Kier molecular flexibility index (Phi) is 2.55. The van der Waals surface area contributed by atoms with Crippen LogP contribution < -0.4 is 5.32 Å². The van der Waals surface area contributed by atoms with Crippen molar-refractivity contribution >= 4 is 11.6 Å². The molecule has 1 saturated heterocycles. The lowest BCUT2D eigenvalue weighted by Gasteiger charge is -2.44. The van der Waals surface area contributed by atoms with Crippen LogP contribution in [0.4, 0.5) is 5.69 Å². The molecule has 4 nitrogen and oxygen atoms in total. The molecular formula is C14H18N2O2. The van der Waals surface area contributed by atoms with Crippen molar-refractivity contribution in [2.75, 3.05) is 25.0 Å². The van der Waals surface area contributed by atoms with Crippen LogP contribution in [0, 0.1) is 0 Å². The molecule has 2 aliphatic rings. The van der Waals surface area contributed by atoms with Gasteiger partial charge < -0.3 is 15.3 Å². The molecule has 0 aliphatic carbocycles. The molecule has 96 valence electrons. The van der Waals surface area contributed by atoms with Crippen LogP contribution in [-0.2, 0) is 4.79 Å². The Morgan fingerprint density at radius 1 is 1.50 bits per heavy atom. The summed E-state index contributed by atoms with van der Waals surface area (Å²) in [7, 11) is 0. The summed E-state index contributed by atoms with van der Waals surface area (Å²) in [6.07, 6.45) is 0.528. The van der Waals surface area contributed by atoms with E-state index < -0.39 is 5.60 Å². The number of carbonyl (C=O) groups excluding carboxylic acids is 1. The highest BCUT2D eigenvalue weighted by Gasteiger charge is 2.40. The molecule has 3 rings (SSSR count). The second kappa shape index (κ2) is 3.99. The van der Waals surface area contributed by atoms with Gasteiger partial charge in [0, 0.05) is 24.6 Å². The topological polar surface area (TPSA) is 52.6 Å². The number of nitrogens with one attached hydrogen (secondary N) is 1. The van der Waals surface area contributed by atoms with Gasteiger partial charge in [0.25, 0.3) is 0 Å². The first-order valence-electron chi connectivity index (χ1n) is 6.38. The molecule has 1 unspecified atom stereocenters. The maximum Gasteiger partial charge on any atom is 0.223 e. The van der Waals surface area contributed by atoms with Crippen LogP contribution in [0.1, 0.15) is 24.8 Å². The highest BCUT2D eigenvalue weighted by Crippen LogP contribution is 2.34. The van der Waals surface area contributed by atoms with E-state index in [-0.39, 0.29) is 11.8 Å². The van der Waals surface area contributed by atoms with Crippen molar-refractivity contribution < 1.29 is 9.90 Å². The monoisotopic (exact) mass is 246 g/mol. The Balaban J connectivity index is 1.63. The molecule has 0 aromatic heterocycles. The van der Waals surface area contributed by atoms with Crippen molar-refractivity contribution in [2.45, 2.75) is 24.9 Å². The van der Waals surface area contributed by atoms with E-state index in [0.717, 1.165) is 12.2 Å². The predicted octanol–water partition coefficient (Wildman–Crippen LogP) is 1.18. The maximum absolute atomic E-state index is 12.1. The molecule has 0 spiro atoms. The smallest absolute Gasteiger partial charge is 0.223 e. The van der Waals surface area contributed by atoms with Crippen molar-refractivity contribution in [3.63, 3.8) is 0 Å². The number of para-hydroxylation sites is 1. The number of benzene rings is 1. The molecule has 4 heteroatoms. The molecule has 2 aliphatic heterocycles. The van der Waals surface area contributed by atoms with Gasteiger partial charge in [-0.15, -0.1) is 0 Å². The summed E-state index contributed by atoms with van der Waals surface area (Å²) in [6, 6.07) is 8.15. The average Bonchev–Trinajstić information content (AvgIpc) is 2.70. The van der Waals surface area contributed by atoms with Gasteiger partial charge in [-0.25, -0.2) is 0 Å². The molecule has 1 aromatic rings. The zero-order valence-corrected chi connectivity index (χ0v) is 10.5. The number of fused-ring (bicyclic) bond motifs is 1. The predicted molar refractivity (Wildman–Crippen MR) is 69.5 cm³/mol. The number of amides is 1. The summed E-state index contributed by atoms with van der Waals surface area (Å²) >= 11 is 0. The third-order valence-corrected chi connectivity index (χ3v) is 3.78. The molecule has 2 heterocycles. The molecule has 1 aromatic carbocycles. The van der Waals surface area contributed by atoms with Crippen LogP contribution in [0.5, 0.6) is 0 Å². The van der Waals surface area contributed by atoms with E-state index >= 15 is 0 Å². The first-order chi connectivity index (χ1) is 8.55. The normalized spacial score (nSPS) is 24.1. The highest BCUT2D eigenvalue weighted by atomic mass is 16.3. The minimum Gasteiger partial charge on any atom is -0.386 e. The Labute approximate surface area is 107 Å². The zero-order chi connectivity index (χ0) is 12.8. The molecule has 0 bridgehead atoms. The first kappa shape index (κ1) is 11.5. The molecule has 2 N–H and O–H groups in total. The van der Waals surface area contributed by atoms with E-state index in [1.165, 1.54) is 5.56 Å². The third kappa shape index (κ3) is 1.97. The summed E-state index contributed by atoms with van der Waals surface area (Å²) in [5.41, 5.74) is 1.70. The van der Waals surface area contributed by atoms with Crippen LogP contribution in [0.15, 0.2) is 24.3 Å². The molecule has 1 fully saturated rings. The maximum atomic E-state index is 12.1. The van der Waals surface area contributed by atoms with Gasteiger partial charge in [-0.3, -0.25) is 4.79 Å². The van der Waals surface area contributed by atoms with E-state index in [9.17, 15) is 9.90 Å². The highest BCUT2D eigenvalue weighted by molar-refractivity contribution is 5.79. The number of hydrogen-bond acceptors (Lipinski definition) is 3. The summed E-state index contributed by atoms with van der Waals surface area (Å²) < 4.78 is 0. The molecule has 18 heavy (non-hydrogen) atoms. The van der Waals surface area contributed by atoms with Gasteiger partial charge >= 0.3 is 0 Å². The summed E-state index contributed by atoms with van der Waals surface area (Å²) in [4.78, 5) is 13.8. The van der Waals surface area contributed by atoms with Crippen LogP contribution in [0.2, 0.25) is 0 Å². The van der Waals surface area contributed by atoms with Gasteiger partial charge in [0.05, 0.1) is 18.7 Å². The van der Waals surface area contributed by atoms with E-state index in [1.807, 2.05) is 18.2 Å². The minimum absolute atomic E-state index is 0.144. The fraction of sp³-hybridized carbons (Fsp3) is 0.500. The van der Waals surface area contributed by atoms with E-state index in [4.69, 9.17) is 0 Å². The van der Waals surface area contributed by atoms with Crippen molar-refractivity contribution in [3.05, 3.63) is 29.8 Å². The molecule has 0 radical (unpaired) electrons. The van der Waals surface area contributed by atoms with Crippen molar-refractivity contribution in [1.29, 1.82) is 0 Å². The Morgan fingerprint density at radius 3 is 2.94 bits per heavy atom. The van der Waals surface area contributed by atoms with Crippen molar-refractivity contribution in [1.82, 2.24) is 4.90 Å². The van der Waals surface area contributed by atoms with Gasteiger partial charge in [0.15, 0.2) is 0 Å². The van der Waals surface area contributed by atoms with Crippen LogP contribution in [0.3, 0.4) is 0 Å². The van der Waals surface area contributed by atoms with E-state index in [0.29, 0.717) is 19.5 Å². The lowest BCUT2D eigenvalue weighted by atomic mass is 9.93. The van der Waals surface area contributed by atoms with Gasteiger partial charge in [-0.2, -0.15) is 0 Å². The van der Waals surface area contributed by atoms with Gasteiger partial charge in [-0.05, 0) is 18.6 Å². The van der Waals surface area contributed by atoms with Crippen molar-refractivity contribution in [2.24, 2.45) is 0 Å². The second-order valence-electron chi connectivity index (χ2n) is 5.62. The lowest BCUT2D eigenvalue weighted by molar-refractivity contribution is -0.152. The van der Waals surface area contributed by atoms with Gasteiger partial charge in [-0.1, -0.05) is 18.2 Å². The largest absolute Gasteiger partial charge is 0.386 e. The number of rotatable bonds is 2. The van der Waals surface area contributed by atoms with E-state index in [2.05, 4.69) is 11.4 Å². The molecule has 0 saturated carbocycles. The fourth-order valence-corrected chi connectivity index (χ4v) is 2.83. The number of nitrogens with zero attached hydrogens (tertiary/aromatic N) is 1. The van der Waals surface area contributed by atoms with E-state index in [1.54, 1.807) is 11.8 Å². The lowest BCUT2D eigenvalue weighted by Crippen LogP contribution is -2.61. The second-order valence-corrected chi connectivity index (χ2v) is 5.62. The van der Waals surface area contributed by atoms with Crippen molar-refractivity contribution in [3.8, 4) is 0 Å². The van der Waals surface area contributed by atoms with Gasteiger partial charge in [0.1, 0.15) is 0 Å². The Hall–Kier alpha value is -1.55. The number of likely N-dealkylation sites (tertiary alicyclic amines) is 1. The Morgan fingerprint density at radius 2 is 2.22 bits per heavy atom. The Bertz CT molecular complexity index is 476. The molecule has 1 atom stereocenters. The summed E-state index contributed by atoms with van der Waals surface area (Å²) in [5, 5.41) is 13.0. The zero-order valence-electron chi connectivity index (χ0n) is 10.5. The van der Waals surface area contributed by atoms with Crippen LogP contribution in [-0.4, -0.2) is 41.1 Å². The first-order valence-corrected chi connectivity index (χ1v) is 6.38. The number of aliphatic hydroxyl groups is 1. The number of hydrogen-bond donors (Lipinski definition) is 2. The summed E-state index contributed by atoms with van der Waals surface area (Å²) in [5.74, 6) is 0.407. The molecule has 1 amide bonds. The quantitative estimate of drug-likeness (QED) is 0.824. The third-order valence-electron chi connectivity index (χ3n) is 3.78. The van der Waals surface area contributed by atoms with Gasteiger partial charge in [0.2, 0.25) is 5.91 Å². The van der Waals surface area contributed by atoms with Crippen LogP contribution in [0.25, 0.3) is 0 Å². The number of carbonyl (C=O) groups is 1. The number of anilines is 1. The average molecular weight is 246 g/mol.